The quantitative estimate of drug-likeness (QED) is 0.693. The summed E-state index contributed by atoms with van der Waals surface area (Å²) in [5, 5.41) is 0. The standard InChI is InChI=1S/C16H25NO4/c1-5-11-14-15(21-16(3,4)20-14)13-12(19-11)8-6-7-9-17(13)10(2)18/h6-7,11-15H,5,8-9H2,1-4H3/t11-,12?,13-,14+,15-/m1/s1. The van der Waals surface area contributed by atoms with Gasteiger partial charge in [-0.2, -0.15) is 0 Å². The van der Waals surface area contributed by atoms with Crippen LogP contribution in [0.4, 0.5) is 0 Å². The fraction of sp³-hybridized carbons (Fsp3) is 0.812. The number of carbonyl (C=O) groups excluding carboxylic acids is 1. The molecule has 0 N–H and O–H groups in total. The highest BCUT2D eigenvalue weighted by Crippen LogP contribution is 2.41. The Hall–Kier alpha value is -0.910. The summed E-state index contributed by atoms with van der Waals surface area (Å²) in [6.07, 6.45) is 5.63. The molecule has 3 aliphatic rings. The smallest absolute Gasteiger partial charge is 0.220 e. The van der Waals surface area contributed by atoms with Crippen molar-refractivity contribution >= 4 is 5.91 Å². The average Bonchev–Trinajstić information content (AvgIpc) is 2.60. The monoisotopic (exact) mass is 295 g/mol. The molecule has 2 fully saturated rings. The molecule has 5 atom stereocenters. The van der Waals surface area contributed by atoms with Gasteiger partial charge in [-0.1, -0.05) is 19.1 Å². The summed E-state index contributed by atoms with van der Waals surface area (Å²) in [7, 11) is 0. The Morgan fingerprint density at radius 3 is 2.67 bits per heavy atom. The third kappa shape index (κ3) is 2.62. The van der Waals surface area contributed by atoms with E-state index in [1.807, 2.05) is 24.8 Å². The first-order chi connectivity index (χ1) is 9.93. The number of amides is 1. The second kappa shape index (κ2) is 5.38. The molecule has 5 nitrogen and oxygen atoms in total. The van der Waals surface area contributed by atoms with Gasteiger partial charge in [-0.15, -0.1) is 0 Å². The molecule has 3 aliphatic heterocycles. The van der Waals surface area contributed by atoms with Gasteiger partial charge in [0, 0.05) is 13.5 Å². The van der Waals surface area contributed by atoms with Gasteiger partial charge in [0.05, 0.1) is 18.2 Å². The maximum absolute atomic E-state index is 12.0. The zero-order valence-electron chi connectivity index (χ0n) is 13.2. The molecule has 0 saturated carbocycles. The SMILES string of the molecule is CC[C@H]1OC2CC=CCN(C(C)=O)[C@H]2[C@H]2OC(C)(C)O[C@H]21. The maximum Gasteiger partial charge on any atom is 0.220 e. The molecule has 1 unspecified atom stereocenters. The fourth-order valence-electron chi connectivity index (χ4n) is 3.74. The van der Waals surface area contributed by atoms with Crippen LogP contribution in [0.25, 0.3) is 0 Å². The Kier molecular flexibility index (Phi) is 3.84. The van der Waals surface area contributed by atoms with Crippen LogP contribution in [0, 0.1) is 0 Å². The topological polar surface area (TPSA) is 48.0 Å². The molecule has 0 bridgehead atoms. The summed E-state index contributed by atoms with van der Waals surface area (Å²) in [4.78, 5) is 13.9. The second-order valence-electron chi connectivity index (χ2n) is 6.56. The fourth-order valence-corrected chi connectivity index (χ4v) is 3.74. The first kappa shape index (κ1) is 15.0. The summed E-state index contributed by atoms with van der Waals surface area (Å²) >= 11 is 0. The molecule has 0 spiro atoms. The minimum absolute atomic E-state index is 0.0173. The van der Waals surface area contributed by atoms with Gasteiger partial charge in [0.1, 0.15) is 12.2 Å². The van der Waals surface area contributed by atoms with E-state index in [4.69, 9.17) is 14.2 Å². The van der Waals surface area contributed by atoms with Gasteiger partial charge in [-0.3, -0.25) is 4.79 Å². The summed E-state index contributed by atoms with van der Waals surface area (Å²) in [5.74, 6) is -0.564. The van der Waals surface area contributed by atoms with Crippen molar-refractivity contribution in [3.8, 4) is 0 Å². The average molecular weight is 295 g/mol. The number of nitrogens with zero attached hydrogens (tertiary/aromatic N) is 1. The van der Waals surface area contributed by atoms with Crippen LogP contribution >= 0.6 is 0 Å². The Labute approximate surface area is 126 Å². The van der Waals surface area contributed by atoms with Crippen molar-refractivity contribution in [2.45, 2.75) is 76.8 Å². The van der Waals surface area contributed by atoms with Crippen LogP contribution in [0.1, 0.15) is 40.5 Å². The zero-order valence-corrected chi connectivity index (χ0v) is 13.2. The molecule has 0 aliphatic carbocycles. The van der Waals surface area contributed by atoms with Crippen LogP contribution in [-0.4, -0.2) is 53.6 Å². The normalized spacial score (nSPS) is 41.3. The minimum Gasteiger partial charge on any atom is -0.370 e. The lowest BCUT2D eigenvalue weighted by Gasteiger charge is -2.45. The second-order valence-corrected chi connectivity index (χ2v) is 6.56. The highest BCUT2D eigenvalue weighted by molar-refractivity contribution is 5.74. The molecule has 5 heteroatoms. The molecule has 0 aromatic rings. The number of ether oxygens (including phenoxy) is 3. The highest BCUT2D eigenvalue weighted by Gasteiger charge is 2.56. The van der Waals surface area contributed by atoms with Gasteiger partial charge in [0.25, 0.3) is 0 Å². The highest BCUT2D eigenvalue weighted by atomic mass is 16.8. The maximum atomic E-state index is 12.0. The van der Waals surface area contributed by atoms with E-state index in [-0.39, 0.29) is 36.4 Å². The minimum atomic E-state index is -0.622. The molecule has 1 amide bonds. The molecule has 3 heterocycles. The predicted octanol–water partition coefficient (Wildman–Crippen LogP) is 1.86. The van der Waals surface area contributed by atoms with Crippen LogP contribution in [0.5, 0.6) is 0 Å². The van der Waals surface area contributed by atoms with Crippen LogP contribution in [0.15, 0.2) is 12.2 Å². The lowest BCUT2D eigenvalue weighted by Crippen LogP contribution is -2.62. The molecular weight excluding hydrogens is 270 g/mol. The molecule has 0 radical (unpaired) electrons. The number of hydrogen-bond donors (Lipinski definition) is 0. The molecule has 2 saturated heterocycles. The molecular formula is C16H25NO4. The van der Waals surface area contributed by atoms with Crippen molar-refractivity contribution in [1.29, 1.82) is 0 Å². The molecule has 21 heavy (non-hydrogen) atoms. The van der Waals surface area contributed by atoms with Crippen LogP contribution in [0.2, 0.25) is 0 Å². The Morgan fingerprint density at radius 2 is 2.00 bits per heavy atom. The lowest BCUT2D eigenvalue weighted by molar-refractivity contribution is -0.174. The van der Waals surface area contributed by atoms with Gasteiger partial charge in [0.2, 0.25) is 5.91 Å². The van der Waals surface area contributed by atoms with Gasteiger partial charge in [-0.25, -0.2) is 0 Å². The third-order valence-electron chi connectivity index (χ3n) is 4.60. The Morgan fingerprint density at radius 1 is 1.29 bits per heavy atom. The molecule has 0 aromatic heterocycles. The third-order valence-corrected chi connectivity index (χ3v) is 4.60. The van der Waals surface area contributed by atoms with Crippen molar-refractivity contribution in [2.75, 3.05) is 6.54 Å². The summed E-state index contributed by atoms with van der Waals surface area (Å²) in [5.41, 5.74) is 0. The number of carbonyl (C=O) groups is 1. The van der Waals surface area contributed by atoms with Gasteiger partial charge in [-0.05, 0) is 26.7 Å². The van der Waals surface area contributed by atoms with Crippen LogP contribution in [-0.2, 0) is 19.0 Å². The predicted molar refractivity (Wildman–Crippen MR) is 77.7 cm³/mol. The van der Waals surface area contributed by atoms with Crippen molar-refractivity contribution in [2.24, 2.45) is 0 Å². The van der Waals surface area contributed by atoms with Crippen LogP contribution < -0.4 is 0 Å². The van der Waals surface area contributed by atoms with Crippen molar-refractivity contribution in [3.05, 3.63) is 12.2 Å². The van der Waals surface area contributed by atoms with Crippen molar-refractivity contribution in [3.63, 3.8) is 0 Å². The van der Waals surface area contributed by atoms with Gasteiger partial charge < -0.3 is 19.1 Å². The lowest BCUT2D eigenvalue weighted by atomic mass is 9.89. The number of fused-ring (bicyclic) bond motifs is 3. The Bertz CT molecular complexity index is 448. The van der Waals surface area contributed by atoms with Crippen molar-refractivity contribution in [1.82, 2.24) is 4.90 Å². The van der Waals surface area contributed by atoms with E-state index in [0.717, 1.165) is 12.8 Å². The van der Waals surface area contributed by atoms with Gasteiger partial charge in [0.15, 0.2) is 5.79 Å². The van der Waals surface area contributed by atoms with E-state index < -0.39 is 5.79 Å². The number of rotatable bonds is 1. The molecule has 3 rings (SSSR count). The largest absolute Gasteiger partial charge is 0.370 e. The van der Waals surface area contributed by atoms with E-state index >= 15 is 0 Å². The molecule has 118 valence electrons. The number of hydrogen-bond acceptors (Lipinski definition) is 4. The first-order valence-electron chi connectivity index (χ1n) is 7.86. The molecule has 0 aromatic carbocycles. The summed E-state index contributed by atoms with van der Waals surface area (Å²) in [6, 6.07) is -0.0768. The zero-order chi connectivity index (χ0) is 15.2. The van der Waals surface area contributed by atoms with Crippen LogP contribution in [0.3, 0.4) is 0 Å². The van der Waals surface area contributed by atoms with Crippen molar-refractivity contribution < 1.29 is 19.0 Å². The summed E-state index contributed by atoms with van der Waals surface area (Å²) < 4.78 is 18.5. The summed E-state index contributed by atoms with van der Waals surface area (Å²) in [6.45, 7) is 8.19. The van der Waals surface area contributed by atoms with E-state index in [2.05, 4.69) is 13.0 Å². The first-order valence-corrected chi connectivity index (χ1v) is 7.86. The van der Waals surface area contributed by atoms with E-state index in [1.54, 1.807) is 6.92 Å². The van der Waals surface area contributed by atoms with Gasteiger partial charge >= 0.3 is 0 Å². The van der Waals surface area contributed by atoms with E-state index in [9.17, 15) is 4.79 Å². The van der Waals surface area contributed by atoms with E-state index in [0.29, 0.717) is 6.54 Å². The Balaban J connectivity index is 1.95. The van der Waals surface area contributed by atoms with E-state index in [1.165, 1.54) is 0 Å².